The van der Waals surface area contributed by atoms with Crippen LogP contribution in [0.2, 0.25) is 5.02 Å². The summed E-state index contributed by atoms with van der Waals surface area (Å²) in [5.74, 6) is 1.00. The maximum Gasteiger partial charge on any atom is 0.130 e. The van der Waals surface area contributed by atoms with Crippen molar-refractivity contribution in [1.82, 2.24) is 5.32 Å². The molecular formula is C18H18ClNO. The minimum absolute atomic E-state index is 0.717. The van der Waals surface area contributed by atoms with Crippen LogP contribution in [0.15, 0.2) is 36.4 Å². The van der Waals surface area contributed by atoms with Crippen molar-refractivity contribution in [1.29, 1.82) is 0 Å². The molecular weight excluding hydrogens is 282 g/mol. The molecule has 2 nitrogen and oxygen atoms in total. The van der Waals surface area contributed by atoms with Crippen LogP contribution in [0.5, 0.6) is 5.75 Å². The van der Waals surface area contributed by atoms with Gasteiger partial charge in [-0.25, -0.2) is 0 Å². The Labute approximate surface area is 130 Å². The molecule has 0 amide bonds. The Hall–Kier alpha value is -1.51. The van der Waals surface area contributed by atoms with Gasteiger partial charge < -0.3 is 10.1 Å². The standard InChI is InChI=1S/C18H18ClNO/c19-17-10-12(11-20-14-5-6-14)4-7-15(17)16-3-1-2-13-8-9-21-18(13)16/h1-4,7,10,14,20H,5-6,8-9,11H2. The topological polar surface area (TPSA) is 21.3 Å². The van der Waals surface area contributed by atoms with Crippen molar-refractivity contribution in [2.75, 3.05) is 6.61 Å². The molecule has 0 bridgehead atoms. The zero-order valence-corrected chi connectivity index (χ0v) is 12.6. The maximum atomic E-state index is 6.51. The van der Waals surface area contributed by atoms with Crippen LogP contribution in [0.4, 0.5) is 0 Å². The van der Waals surface area contributed by atoms with Crippen molar-refractivity contribution in [3.05, 3.63) is 52.5 Å². The molecule has 3 heteroatoms. The number of halogens is 1. The molecule has 0 unspecified atom stereocenters. The molecule has 21 heavy (non-hydrogen) atoms. The van der Waals surface area contributed by atoms with Gasteiger partial charge in [-0.05, 0) is 30.0 Å². The van der Waals surface area contributed by atoms with E-state index in [1.54, 1.807) is 0 Å². The van der Waals surface area contributed by atoms with Crippen molar-refractivity contribution < 1.29 is 4.74 Å². The van der Waals surface area contributed by atoms with Crippen LogP contribution in [0.3, 0.4) is 0 Å². The summed E-state index contributed by atoms with van der Waals surface area (Å²) in [6, 6.07) is 13.4. The molecule has 108 valence electrons. The first-order chi connectivity index (χ1) is 10.3. The van der Waals surface area contributed by atoms with E-state index >= 15 is 0 Å². The Bertz CT molecular complexity index is 679. The van der Waals surface area contributed by atoms with Gasteiger partial charge in [-0.3, -0.25) is 0 Å². The molecule has 1 heterocycles. The van der Waals surface area contributed by atoms with E-state index in [1.165, 1.54) is 24.0 Å². The van der Waals surface area contributed by atoms with Crippen LogP contribution >= 0.6 is 11.6 Å². The van der Waals surface area contributed by atoms with Gasteiger partial charge in [0.2, 0.25) is 0 Å². The van der Waals surface area contributed by atoms with Crippen LogP contribution in [-0.2, 0) is 13.0 Å². The largest absolute Gasteiger partial charge is 0.492 e. The number of hydrogen-bond donors (Lipinski definition) is 1. The van der Waals surface area contributed by atoms with Gasteiger partial charge in [-0.2, -0.15) is 0 Å². The molecule has 0 atom stereocenters. The summed E-state index contributed by atoms with van der Waals surface area (Å²) in [5.41, 5.74) is 4.69. The molecule has 1 aliphatic carbocycles. The summed E-state index contributed by atoms with van der Waals surface area (Å²) >= 11 is 6.51. The third kappa shape index (κ3) is 2.66. The molecule has 1 N–H and O–H groups in total. The van der Waals surface area contributed by atoms with Crippen LogP contribution in [-0.4, -0.2) is 12.6 Å². The minimum Gasteiger partial charge on any atom is -0.492 e. The first-order valence-electron chi connectivity index (χ1n) is 7.58. The van der Waals surface area contributed by atoms with E-state index in [4.69, 9.17) is 16.3 Å². The van der Waals surface area contributed by atoms with Gasteiger partial charge >= 0.3 is 0 Å². The predicted octanol–water partition coefficient (Wildman–Crippen LogP) is 4.19. The average Bonchev–Trinajstić information content (AvgIpc) is 3.20. The summed E-state index contributed by atoms with van der Waals surface area (Å²) in [5, 5.41) is 4.32. The van der Waals surface area contributed by atoms with Crippen molar-refractivity contribution in [2.24, 2.45) is 0 Å². The van der Waals surface area contributed by atoms with E-state index in [0.29, 0.717) is 6.04 Å². The molecule has 0 saturated heterocycles. The SMILES string of the molecule is Clc1cc(CNC2CC2)ccc1-c1cccc2c1OCC2. The second-order valence-corrected chi connectivity index (χ2v) is 6.27. The van der Waals surface area contributed by atoms with Crippen molar-refractivity contribution in [3.63, 3.8) is 0 Å². The molecule has 2 aromatic rings. The highest BCUT2D eigenvalue weighted by molar-refractivity contribution is 6.33. The number of ether oxygens (including phenoxy) is 1. The van der Waals surface area contributed by atoms with Gasteiger partial charge in [-0.1, -0.05) is 41.9 Å². The van der Waals surface area contributed by atoms with Crippen molar-refractivity contribution in [3.8, 4) is 16.9 Å². The lowest BCUT2D eigenvalue weighted by Gasteiger charge is -2.11. The Morgan fingerprint density at radius 1 is 1.14 bits per heavy atom. The van der Waals surface area contributed by atoms with E-state index in [1.807, 2.05) is 0 Å². The lowest BCUT2D eigenvalue weighted by molar-refractivity contribution is 0.358. The second-order valence-electron chi connectivity index (χ2n) is 5.86. The second kappa shape index (κ2) is 5.36. The summed E-state index contributed by atoms with van der Waals surface area (Å²) in [6.07, 6.45) is 3.60. The van der Waals surface area contributed by atoms with E-state index in [0.717, 1.165) is 41.5 Å². The third-order valence-electron chi connectivity index (χ3n) is 4.21. The average molecular weight is 300 g/mol. The first kappa shape index (κ1) is 13.2. The van der Waals surface area contributed by atoms with Gasteiger partial charge in [-0.15, -0.1) is 0 Å². The van der Waals surface area contributed by atoms with E-state index in [2.05, 4.69) is 41.7 Å². The molecule has 1 fully saturated rings. The number of benzene rings is 2. The fourth-order valence-corrected chi connectivity index (χ4v) is 3.17. The first-order valence-corrected chi connectivity index (χ1v) is 7.96. The van der Waals surface area contributed by atoms with E-state index in [9.17, 15) is 0 Å². The van der Waals surface area contributed by atoms with Gasteiger partial charge in [0, 0.05) is 35.2 Å². The Balaban J connectivity index is 1.64. The normalized spacial score (nSPS) is 16.6. The van der Waals surface area contributed by atoms with Crippen LogP contribution in [0, 0.1) is 0 Å². The Kier molecular flexibility index (Phi) is 3.36. The Morgan fingerprint density at radius 3 is 2.86 bits per heavy atom. The zero-order valence-electron chi connectivity index (χ0n) is 11.9. The molecule has 2 aromatic carbocycles. The quantitative estimate of drug-likeness (QED) is 0.914. The summed E-state index contributed by atoms with van der Waals surface area (Å²) in [4.78, 5) is 0. The highest BCUT2D eigenvalue weighted by Crippen LogP contribution is 2.39. The summed E-state index contributed by atoms with van der Waals surface area (Å²) in [6.45, 7) is 1.67. The fraction of sp³-hybridized carbons (Fsp3) is 0.333. The summed E-state index contributed by atoms with van der Waals surface area (Å²) in [7, 11) is 0. The zero-order chi connectivity index (χ0) is 14.2. The van der Waals surface area contributed by atoms with Gasteiger partial charge in [0.25, 0.3) is 0 Å². The smallest absolute Gasteiger partial charge is 0.130 e. The molecule has 1 aliphatic heterocycles. The maximum absolute atomic E-state index is 6.51. The number of nitrogens with one attached hydrogen (secondary N) is 1. The minimum atomic E-state index is 0.717. The van der Waals surface area contributed by atoms with Gasteiger partial charge in [0.05, 0.1) is 6.61 Å². The van der Waals surface area contributed by atoms with E-state index < -0.39 is 0 Å². The monoisotopic (exact) mass is 299 g/mol. The van der Waals surface area contributed by atoms with Gasteiger partial charge in [0.1, 0.15) is 5.75 Å². The van der Waals surface area contributed by atoms with Crippen LogP contribution < -0.4 is 10.1 Å². The van der Waals surface area contributed by atoms with Gasteiger partial charge in [0.15, 0.2) is 0 Å². The predicted molar refractivity (Wildman–Crippen MR) is 85.9 cm³/mol. The molecule has 4 rings (SSSR count). The lowest BCUT2D eigenvalue weighted by atomic mass is 10.00. The number of hydrogen-bond acceptors (Lipinski definition) is 2. The highest BCUT2D eigenvalue weighted by Gasteiger charge is 2.21. The van der Waals surface area contributed by atoms with Crippen molar-refractivity contribution >= 4 is 11.6 Å². The molecule has 0 aromatic heterocycles. The highest BCUT2D eigenvalue weighted by atomic mass is 35.5. The fourth-order valence-electron chi connectivity index (χ4n) is 2.86. The molecule has 0 spiro atoms. The molecule has 0 radical (unpaired) electrons. The number of fused-ring (bicyclic) bond motifs is 1. The Morgan fingerprint density at radius 2 is 2.05 bits per heavy atom. The lowest BCUT2D eigenvalue weighted by Crippen LogP contribution is -2.15. The third-order valence-corrected chi connectivity index (χ3v) is 4.52. The number of para-hydroxylation sites is 1. The summed E-state index contributed by atoms with van der Waals surface area (Å²) < 4.78 is 5.79. The van der Waals surface area contributed by atoms with Crippen LogP contribution in [0.25, 0.3) is 11.1 Å². The van der Waals surface area contributed by atoms with Crippen LogP contribution in [0.1, 0.15) is 24.0 Å². The number of rotatable bonds is 4. The molecule has 1 saturated carbocycles. The molecule has 2 aliphatic rings. The van der Waals surface area contributed by atoms with E-state index in [-0.39, 0.29) is 0 Å². The van der Waals surface area contributed by atoms with Crippen molar-refractivity contribution in [2.45, 2.75) is 31.8 Å².